The molecule has 110 valence electrons. The Balaban J connectivity index is 1.91. The second-order valence-electron chi connectivity index (χ2n) is 4.61. The summed E-state index contributed by atoms with van der Waals surface area (Å²) in [5, 5.41) is 3.39. The van der Waals surface area contributed by atoms with Crippen LogP contribution in [0.1, 0.15) is 36.9 Å². The first-order chi connectivity index (χ1) is 9.97. The molecular formula is C13H10Br2N2O2S2. The van der Waals surface area contributed by atoms with Gasteiger partial charge in [0.25, 0.3) is 11.8 Å². The lowest BCUT2D eigenvalue weighted by Crippen LogP contribution is -2.17. The van der Waals surface area contributed by atoms with E-state index in [1.165, 1.54) is 22.7 Å². The molecule has 2 amide bonds. The number of fused-ring (bicyclic) bond motifs is 1. The van der Waals surface area contributed by atoms with Gasteiger partial charge in [0.1, 0.15) is 5.00 Å². The summed E-state index contributed by atoms with van der Waals surface area (Å²) in [6.45, 7) is 0. The van der Waals surface area contributed by atoms with Crippen LogP contribution in [-0.4, -0.2) is 11.8 Å². The highest BCUT2D eigenvalue weighted by atomic mass is 79.9. The Kier molecular flexibility index (Phi) is 4.22. The molecule has 4 nitrogen and oxygen atoms in total. The number of nitrogens with two attached hydrogens (primary N) is 1. The van der Waals surface area contributed by atoms with Gasteiger partial charge in [0.2, 0.25) is 0 Å². The van der Waals surface area contributed by atoms with Crippen LogP contribution < -0.4 is 11.1 Å². The molecule has 0 atom stereocenters. The molecule has 0 saturated heterocycles. The number of thiophene rings is 2. The monoisotopic (exact) mass is 448 g/mol. The van der Waals surface area contributed by atoms with Crippen LogP contribution in [-0.2, 0) is 12.8 Å². The molecule has 0 spiro atoms. The highest BCUT2D eigenvalue weighted by molar-refractivity contribution is 9.13. The molecular weight excluding hydrogens is 440 g/mol. The van der Waals surface area contributed by atoms with E-state index in [1.807, 2.05) is 0 Å². The first kappa shape index (κ1) is 15.2. The SMILES string of the molecule is NC(=O)c1c(NC(=O)c2cc(Br)c(Br)s2)sc2c1CCC2. The van der Waals surface area contributed by atoms with Crippen molar-refractivity contribution >= 4 is 71.3 Å². The smallest absolute Gasteiger partial charge is 0.266 e. The van der Waals surface area contributed by atoms with Crippen molar-refractivity contribution in [3.8, 4) is 0 Å². The molecule has 1 aliphatic carbocycles. The number of carbonyl (C=O) groups excluding carboxylic acids is 2. The van der Waals surface area contributed by atoms with Crippen LogP contribution in [0.4, 0.5) is 5.00 Å². The van der Waals surface area contributed by atoms with Gasteiger partial charge in [-0.3, -0.25) is 9.59 Å². The van der Waals surface area contributed by atoms with E-state index in [2.05, 4.69) is 37.2 Å². The fourth-order valence-electron chi connectivity index (χ4n) is 2.38. The highest BCUT2D eigenvalue weighted by Crippen LogP contribution is 2.39. The molecule has 3 N–H and O–H groups in total. The van der Waals surface area contributed by atoms with Gasteiger partial charge < -0.3 is 11.1 Å². The summed E-state index contributed by atoms with van der Waals surface area (Å²) >= 11 is 9.51. The Hall–Kier alpha value is -0.700. The number of hydrogen-bond donors (Lipinski definition) is 2. The zero-order valence-electron chi connectivity index (χ0n) is 10.7. The Bertz CT molecular complexity index is 732. The fraction of sp³-hybridized carbons (Fsp3) is 0.231. The van der Waals surface area contributed by atoms with Gasteiger partial charge in [-0.2, -0.15) is 0 Å². The van der Waals surface area contributed by atoms with E-state index >= 15 is 0 Å². The van der Waals surface area contributed by atoms with Crippen molar-refractivity contribution in [1.82, 2.24) is 0 Å². The summed E-state index contributed by atoms with van der Waals surface area (Å²) in [6.07, 6.45) is 2.85. The average molecular weight is 450 g/mol. The maximum atomic E-state index is 12.3. The van der Waals surface area contributed by atoms with Gasteiger partial charge in [-0.25, -0.2) is 0 Å². The number of nitrogens with one attached hydrogen (secondary N) is 1. The van der Waals surface area contributed by atoms with Gasteiger partial charge >= 0.3 is 0 Å². The number of rotatable bonds is 3. The molecule has 1 aliphatic rings. The van der Waals surface area contributed by atoms with Crippen LogP contribution in [0.2, 0.25) is 0 Å². The summed E-state index contributed by atoms with van der Waals surface area (Å²) < 4.78 is 1.69. The number of carbonyl (C=O) groups is 2. The average Bonchev–Trinajstić information content (AvgIpc) is 3.04. The lowest BCUT2D eigenvalue weighted by atomic mass is 10.1. The molecule has 0 saturated carbocycles. The minimum Gasteiger partial charge on any atom is -0.365 e. The number of aryl methyl sites for hydroxylation is 1. The molecule has 2 heterocycles. The Morgan fingerprint density at radius 1 is 1.24 bits per heavy atom. The molecule has 0 bridgehead atoms. The number of anilines is 1. The van der Waals surface area contributed by atoms with E-state index in [-0.39, 0.29) is 5.91 Å². The zero-order valence-corrected chi connectivity index (χ0v) is 15.5. The quantitative estimate of drug-likeness (QED) is 0.737. The molecule has 2 aromatic rings. The number of amides is 2. The highest BCUT2D eigenvalue weighted by Gasteiger charge is 2.26. The third kappa shape index (κ3) is 2.81. The molecule has 2 aromatic heterocycles. The van der Waals surface area contributed by atoms with E-state index in [9.17, 15) is 9.59 Å². The van der Waals surface area contributed by atoms with Crippen molar-refractivity contribution in [3.05, 3.63) is 35.2 Å². The molecule has 3 rings (SSSR count). The van der Waals surface area contributed by atoms with Crippen LogP contribution in [0.5, 0.6) is 0 Å². The molecule has 0 aliphatic heterocycles. The van der Waals surface area contributed by atoms with E-state index in [0.29, 0.717) is 15.4 Å². The van der Waals surface area contributed by atoms with E-state index < -0.39 is 5.91 Å². The molecule has 8 heteroatoms. The lowest BCUT2D eigenvalue weighted by Gasteiger charge is -2.04. The van der Waals surface area contributed by atoms with Gasteiger partial charge in [-0.1, -0.05) is 0 Å². The van der Waals surface area contributed by atoms with Crippen LogP contribution in [0, 0.1) is 0 Å². The van der Waals surface area contributed by atoms with Crippen molar-refractivity contribution in [3.63, 3.8) is 0 Å². The summed E-state index contributed by atoms with van der Waals surface area (Å²) in [7, 11) is 0. The third-order valence-corrected chi connectivity index (χ3v) is 7.73. The first-order valence-corrected chi connectivity index (χ1v) is 9.39. The van der Waals surface area contributed by atoms with Gasteiger partial charge in [0.15, 0.2) is 0 Å². The largest absolute Gasteiger partial charge is 0.365 e. The minimum atomic E-state index is -0.474. The van der Waals surface area contributed by atoms with Crippen LogP contribution in [0.25, 0.3) is 0 Å². The lowest BCUT2D eigenvalue weighted by molar-refractivity contribution is 0.100. The maximum absolute atomic E-state index is 12.3. The van der Waals surface area contributed by atoms with Gasteiger partial charge in [-0.05, 0) is 62.8 Å². The number of hydrogen-bond acceptors (Lipinski definition) is 4. The van der Waals surface area contributed by atoms with Gasteiger partial charge in [-0.15, -0.1) is 22.7 Å². The van der Waals surface area contributed by atoms with E-state index in [4.69, 9.17) is 5.73 Å². The van der Waals surface area contributed by atoms with Crippen molar-refractivity contribution in [1.29, 1.82) is 0 Å². The second kappa shape index (κ2) is 5.83. The van der Waals surface area contributed by atoms with Crippen LogP contribution >= 0.6 is 54.5 Å². The molecule has 0 fully saturated rings. The standard InChI is InChI=1S/C13H10Br2N2O2S2/c14-6-4-8(20-10(6)15)12(19)17-13-9(11(16)18)5-2-1-3-7(5)21-13/h4H,1-3H2,(H2,16,18)(H,17,19). The molecule has 0 radical (unpaired) electrons. The normalized spacial score (nSPS) is 13.2. The zero-order chi connectivity index (χ0) is 15.1. The van der Waals surface area contributed by atoms with Crippen molar-refractivity contribution < 1.29 is 9.59 Å². The molecule has 0 unspecified atom stereocenters. The number of halogens is 2. The number of primary amides is 1. The Morgan fingerprint density at radius 3 is 2.62 bits per heavy atom. The van der Waals surface area contributed by atoms with Gasteiger partial charge in [0, 0.05) is 9.35 Å². The van der Waals surface area contributed by atoms with Crippen LogP contribution in [0.15, 0.2) is 14.3 Å². The summed E-state index contributed by atoms with van der Waals surface area (Å²) in [6, 6.07) is 1.75. The first-order valence-electron chi connectivity index (χ1n) is 6.18. The predicted octanol–water partition coefficient (Wildman–Crippen LogP) is 4.17. The maximum Gasteiger partial charge on any atom is 0.266 e. The minimum absolute atomic E-state index is 0.228. The molecule has 0 aromatic carbocycles. The van der Waals surface area contributed by atoms with Crippen molar-refractivity contribution in [2.24, 2.45) is 5.73 Å². The van der Waals surface area contributed by atoms with E-state index in [0.717, 1.165) is 38.0 Å². The summed E-state index contributed by atoms with van der Waals surface area (Å²) in [5.74, 6) is -0.702. The van der Waals surface area contributed by atoms with E-state index in [1.54, 1.807) is 6.07 Å². The van der Waals surface area contributed by atoms with Crippen molar-refractivity contribution in [2.75, 3.05) is 5.32 Å². The van der Waals surface area contributed by atoms with Crippen LogP contribution in [0.3, 0.4) is 0 Å². The Labute approximate surface area is 146 Å². The van der Waals surface area contributed by atoms with Gasteiger partial charge in [0.05, 0.1) is 14.2 Å². The second-order valence-corrected chi connectivity index (χ2v) is 8.94. The summed E-state index contributed by atoms with van der Waals surface area (Å²) in [4.78, 5) is 25.7. The topological polar surface area (TPSA) is 72.2 Å². The van der Waals surface area contributed by atoms with Crippen molar-refractivity contribution in [2.45, 2.75) is 19.3 Å². The predicted molar refractivity (Wildman–Crippen MR) is 92.5 cm³/mol. The molecule has 21 heavy (non-hydrogen) atoms. The fourth-order valence-corrected chi connectivity index (χ4v) is 5.60. The Morgan fingerprint density at radius 2 is 2.00 bits per heavy atom. The third-order valence-electron chi connectivity index (χ3n) is 3.26. The summed E-state index contributed by atoms with van der Waals surface area (Å²) in [5.41, 5.74) is 6.97.